The number of halogens is 3. The molecule has 0 saturated heterocycles. The van der Waals surface area contributed by atoms with Crippen LogP contribution in [0.2, 0.25) is 0 Å². The Kier molecular flexibility index (Phi) is 3.36. The molecule has 2 aliphatic rings. The van der Waals surface area contributed by atoms with E-state index in [4.69, 9.17) is 10.5 Å². The third-order valence-corrected chi connectivity index (χ3v) is 5.17. The summed E-state index contributed by atoms with van der Waals surface area (Å²) in [5.74, 6) is 0. The Balaban J connectivity index is 1.71. The summed E-state index contributed by atoms with van der Waals surface area (Å²) in [6.45, 7) is 0. The van der Waals surface area contributed by atoms with Crippen molar-refractivity contribution in [2.24, 2.45) is 11.1 Å². The molecular weight excluding hydrogens is 331 g/mol. The molecule has 0 heterocycles. The van der Waals surface area contributed by atoms with E-state index in [1.54, 1.807) is 12.1 Å². The second kappa shape index (κ2) is 5.25. The van der Waals surface area contributed by atoms with Gasteiger partial charge in [0.25, 0.3) is 0 Å². The molecule has 0 bridgehead atoms. The van der Waals surface area contributed by atoms with E-state index in [-0.39, 0.29) is 11.5 Å². The molecule has 1 unspecified atom stereocenters. The predicted octanol–water partition coefficient (Wildman–Crippen LogP) is 4.85. The minimum absolute atomic E-state index is 0.0796. The number of rotatable bonds is 2. The predicted molar refractivity (Wildman–Crippen MR) is 85.7 cm³/mol. The molecule has 1 fully saturated rings. The van der Waals surface area contributed by atoms with Crippen molar-refractivity contribution >= 4 is 6.09 Å². The van der Waals surface area contributed by atoms with Gasteiger partial charge in [-0.2, -0.15) is 13.2 Å². The van der Waals surface area contributed by atoms with Crippen molar-refractivity contribution in [3.63, 3.8) is 0 Å². The van der Waals surface area contributed by atoms with Gasteiger partial charge in [0, 0.05) is 5.41 Å². The molecule has 0 radical (unpaired) electrons. The van der Waals surface area contributed by atoms with Crippen LogP contribution in [0.5, 0.6) is 0 Å². The lowest BCUT2D eigenvalue weighted by Crippen LogP contribution is -2.21. The van der Waals surface area contributed by atoms with Gasteiger partial charge in [0.1, 0.15) is 6.10 Å². The maximum Gasteiger partial charge on any atom is 0.416 e. The topological polar surface area (TPSA) is 52.3 Å². The summed E-state index contributed by atoms with van der Waals surface area (Å²) in [5, 5.41) is 0. The first-order chi connectivity index (χ1) is 11.8. The molecule has 2 aromatic carbocycles. The van der Waals surface area contributed by atoms with Gasteiger partial charge in [-0.1, -0.05) is 30.3 Å². The van der Waals surface area contributed by atoms with Gasteiger partial charge in [-0.15, -0.1) is 0 Å². The molecule has 3 nitrogen and oxygen atoms in total. The Hall–Kier alpha value is -2.50. The Morgan fingerprint density at radius 2 is 1.84 bits per heavy atom. The molecule has 2 N–H and O–H groups in total. The van der Waals surface area contributed by atoms with Crippen LogP contribution in [0.4, 0.5) is 18.0 Å². The van der Waals surface area contributed by atoms with Crippen molar-refractivity contribution in [2.45, 2.75) is 31.5 Å². The van der Waals surface area contributed by atoms with Crippen molar-refractivity contribution in [3.05, 3.63) is 59.2 Å². The van der Waals surface area contributed by atoms with Gasteiger partial charge in [0.2, 0.25) is 0 Å². The number of carbonyl (C=O) groups excluding carboxylic acids is 1. The van der Waals surface area contributed by atoms with E-state index in [0.717, 1.165) is 48.1 Å². The number of hydrogen-bond acceptors (Lipinski definition) is 2. The van der Waals surface area contributed by atoms with Gasteiger partial charge in [-0.25, -0.2) is 4.79 Å². The van der Waals surface area contributed by atoms with Crippen LogP contribution in [-0.4, -0.2) is 6.09 Å². The summed E-state index contributed by atoms with van der Waals surface area (Å²) >= 11 is 0. The van der Waals surface area contributed by atoms with Gasteiger partial charge in [-0.3, -0.25) is 0 Å². The molecule has 2 aromatic rings. The third kappa shape index (κ3) is 2.75. The molecule has 2 aliphatic carbocycles. The van der Waals surface area contributed by atoms with Crippen LogP contribution in [0.3, 0.4) is 0 Å². The fourth-order valence-electron chi connectivity index (χ4n) is 3.78. The van der Waals surface area contributed by atoms with Crippen LogP contribution in [0, 0.1) is 5.41 Å². The van der Waals surface area contributed by atoms with Crippen LogP contribution in [0.1, 0.15) is 35.6 Å². The molecule has 1 saturated carbocycles. The average Bonchev–Trinajstić information content (AvgIpc) is 3.26. The lowest BCUT2D eigenvalue weighted by Gasteiger charge is -2.18. The molecule has 1 amide bonds. The van der Waals surface area contributed by atoms with E-state index in [9.17, 15) is 18.0 Å². The molecule has 4 rings (SSSR count). The van der Waals surface area contributed by atoms with Gasteiger partial charge in [0.05, 0.1) is 5.56 Å². The number of ether oxygens (including phenoxy) is 1. The second-order valence-electron chi connectivity index (χ2n) is 6.85. The third-order valence-electron chi connectivity index (χ3n) is 5.17. The van der Waals surface area contributed by atoms with E-state index < -0.39 is 17.8 Å². The van der Waals surface area contributed by atoms with E-state index >= 15 is 0 Å². The zero-order valence-electron chi connectivity index (χ0n) is 13.3. The normalized spacial score (nSPS) is 20.4. The highest BCUT2D eigenvalue weighted by Gasteiger charge is 2.56. The highest BCUT2D eigenvalue weighted by Crippen LogP contribution is 2.63. The highest BCUT2D eigenvalue weighted by atomic mass is 19.4. The summed E-state index contributed by atoms with van der Waals surface area (Å²) in [6, 6.07) is 10.8. The molecule has 1 atom stereocenters. The quantitative estimate of drug-likeness (QED) is 0.845. The lowest BCUT2D eigenvalue weighted by molar-refractivity contribution is -0.137. The van der Waals surface area contributed by atoms with E-state index in [1.807, 2.05) is 12.1 Å². The zero-order valence-corrected chi connectivity index (χ0v) is 13.3. The van der Waals surface area contributed by atoms with Crippen LogP contribution in [0.25, 0.3) is 11.1 Å². The van der Waals surface area contributed by atoms with Crippen LogP contribution in [0.15, 0.2) is 42.5 Å². The molecule has 130 valence electrons. The summed E-state index contributed by atoms with van der Waals surface area (Å²) in [5.41, 5.74) is 7.60. The summed E-state index contributed by atoms with van der Waals surface area (Å²) in [4.78, 5) is 11.2. The monoisotopic (exact) mass is 347 g/mol. The van der Waals surface area contributed by atoms with Gasteiger partial charge in [-0.05, 0) is 53.6 Å². The number of primary amides is 1. The van der Waals surface area contributed by atoms with Crippen molar-refractivity contribution in [1.29, 1.82) is 0 Å². The molecule has 0 aliphatic heterocycles. The average molecular weight is 347 g/mol. The molecule has 0 aromatic heterocycles. The first-order valence-electron chi connectivity index (χ1n) is 8.05. The van der Waals surface area contributed by atoms with Crippen LogP contribution in [-0.2, 0) is 17.3 Å². The number of alkyl halides is 3. The number of carbonyl (C=O) groups is 1. The fourth-order valence-corrected chi connectivity index (χ4v) is 3.78. The van der Waals surface area contributed by atoms with Crippen molar-refractivity contribution in [2.75, 3.05) is 0 Å². The number of hydrogen-bond donors (Lipinski definition) is 1. The maximum atomic E-state index is 12.9. The van der Waals surface area contributed by atoms with Crippen molar-refractivity contribution in [3.8, 4) is 11.1 Å². The fraction of sp³-hybridized carbons (Fsp3) is 0.316. The first-order valence-corrected chi connectivity index (χ1v) is 8.05. The molecule has 25 heavy (non-hydrogen) atoms. The van der Waals surface area contributed by atoms with Crippen molar-refractivity contribution in [1.82, 2.24) is 0 Å². The Morgan fingerprint density at radius 1 is 1.12 bits per heavy atom. The molecular formula is C19H16F3NO2. The minimum atomic E-state index is -4.37. The maximum absolute atomic E-state index is 12.9. The van der Waals surface area contributed by atoms with Crippen molar-refractivity contribution < 1.29 is 22.7 Å². The Morgan fingerprint density at radius 3 is 2.48 bits per heavy atom. The number of fused-ring (bicyclic) bond motifs is 1. The molecule has 6 heteroatoms. The van der Waals surface area contributed by atoms with Gasteiger partial charge >= 0.3 is 12.3 Å². The van der Waals surface area contributed by atoms with Gasteiger partial charge < -0.3 is 10.5 Å². The smallest absolute Gasteiger partial charge is 0.416 e. The summed E-state index contributed by atoms with van der Waals surface area (Å²) < 4.78 is 44.1. The number of benzene rings is 2. The second-order valence-corrected chi connectivity index (χ2v) is 6.85. The van der Waals surface area contributed by atoms with E-state index in [2.05, 4.69) is 0 Å². The SMILES string of the molecule is NC(=O)OC1c2ccc(-c3cccc(C(F)(F)F)c3)cc2CC12CC2. The number of amides is 1. The Bertz CT molecular complexity index is 856. The zero-order chi connectivity index (χ0) is 17.8. The highest BCUT2D eigenvalue weighted by molar-refractivity contribution is 5.68. The largest absolute Gasteiger partial charge is 0.441 e. The van der Waals surface area contributed by atoms with E-state index in [1.165, 1.54) is 6.07 Å². The van der Waals surface area contributed by atoms with Crippen LogP contribution >= 0.6 is 0 Å². The number of nitrogens with two attached hydrogens (primary N) is 1. The standard InChI is InChI=1S/C19H16F3NO2/c20-19(21,22)14-3-1-2-11(9-14)12-4-5-15-13(8-12)10-18(6-7-18)16(15)25-17(23)24/h1-5,8-9,16H,6-7,10H2,(H2,23,24). The van der Waals surface area contributed by atoms with Gasteiger partial charge in [0.15, 0.2) is 0 Å². The molecule has 1 spiro atoms. The summed E-state index contributed by atoms with van der Waals surface area (Å²) in [7, 11) is 0. The summed E-state index contributed by atoms with van der Waals surface area (Å²) in [6.07, 6.45) is -2.85. The minimum Gasteiger partial charge on any atom is -0.441 e. The lowest BCUT2D eigenvalue weighted by atomic mass is 9.98. The van der Waals surface area contributed by atoms with Crippen LogP contribution < -0.4 is 5.73 Å². The first kappa shape index (κ1) is 16.0. The van der Waals surface area contributed by atoms with E-state index in [0.29, 0.717) is 5.56 Å². The Labute approximate surface area is 142 Å².